The smallest absolute Gasteiger partial charge is 0.416 e. The van der Waals surface area contributed by atoms with Gasteiger partial charge in [-0.15, -0.1) is 0 Å². The van der Waals surface area contributed by atoms with Crippen molar-refractivity contribution in [2.75, 3.05) is 0 Å². The maximum atomic E-state index is 13.3. The van der Waals surface area contributed by atoms with Crippen LogP contribution in [0.1, 0.15) is 27.8 Å². The van der Waals surface area contributed by atoms with E-state index in [1.54, 1.807) is 12.1 Å². The fraction of sp³-hybridized carbons (Fsp3) is 0.250. The summed E-state index contributed by atoms with van der Waals surface area (Å²) < 4.78 is 85.6. The number of benzene rings is 3. The molecular weight excluding hydrogens is 418 g/mol. The van der Waals surface area contributed by atoms with E-state index in [1.165, 1.54) is 6.07 Å². The molecule has 1 heterocycles. The van der Waals surface area contributed by atoms with Gasteiger partial charge in [-0.3, -0.25) is 0 Å². The number of hydrogen-bond donors (Lipinski definition) is 0. The number of hydrogen-bond acceptors (Lipinski definition) is 1. The van der Waals surface area contributed by atoms with Crippen LogP contribution < -0.4 is 4.74 Å². The third-order valence-corrected chi connectivity index (χ3v) is 5.31. The van der Waals surface area contributed by atoms with E-state index in [0.717, 1.165) is 28.8 Å². The summed E-state index contributed by atoms with van der Waals surface area (Å²) >= 11 is 0. The lowest BCUT2D eigenvalue weighted by Gasteiger charge is -2.16. The quantitative estimate of drug-likeness (QED) is 0.393. The van der Waals surface area contributed by atoms with Crippen LogP contribution in [0, 0.1) is 6.92 Å². The summed E-state index contributed by atoms with van der Waals surface area (Å²) in [6.45, 7) is 1.97. The van der Waals surface area contributed by atoms with Crippen LogP contribution in [-0.2, 0) is 25.2 Å². The van der Waals surface area contributed by atoms with Crippen LogP contribution in [-0.4, -0.2) is 6.10 Å². The van der Waals surface area contributed by atoms with Gasteiger partial charge in [-0.1, -0.05) is 48.0 Å². The lowest BCUT2D eigenvalue weighted by molar-refractivity contribution is -0.143. The Morgan fingerprint density at radius 3 is 2.03 bits per heavy atom. The molecule has 1 aliphatic rings. The maximum Gasteiger partial charge on any atom is 0.416 e. The zero-order valence-corrected chi connectivity index (χ0v) is 16.4. The summed E-state index contributed by atoms with van der Waals surface area (Å²) in [5.41, 5.74) is 0.291. The van der Waals surface area contributed by atoms with Crippen LogP contribution in [0.2, 0.25) is 0 Å². The van der Waals surface area contributed by atoms with Gasteiger partial charge < -0.3 is 4.74 Å². The Morgan fingerprint density at radius 2 is 1.45 bits per heavy atom. The molecule has 0 fully saturated rings. The van der Waals surface area contributed by atoms with E-state index < -0.39 is 23.5 Å². The molecule has 7 heteroatoms. The highest BCUT2D eigenvalue weighted by molar-refractivity contribution is 5.74. The Bertz CT molecular complexity index is 1060. The molecule has 1 unspecified atom stereocenters. The van der Waals surface area contributed by atoms with Gasteiger partial charge in [-0.05, 0) is 41.8 Å². The minimum Gasteiger partial charge on any atom is -0.489 e. The van der Waals surface area contributed by atoms with Gasteiger partial charge in [-0.25, -0.2) is 0 Å². The summed E-state index contributed by atoms with van der Waals surface area (Å²) in [5, 5.41) is 0. The van der Waals surface area contributed by atoms with E-state index in [4.69, 9.17) is 4.74 Å². The van der Waals surface area contributed by atoms with Crippen molar-refractivity contribution in [3.8, 4) is 16.9 Å². The molecule has 0 spiro atoms. The van der Waals surface area contributed by atoms with Crippen molar-refractivity contribution in [1.29, 1.82) is 0 Å². The monoisotopic (exact) mass is 436 g/mol. The van der Waals surface area contributed by atoms with E-state index in [9.17, 15) is 26.3 Å². The van der Waals surface area contributed by atoms with Crippen molar-refractivity contribution in [3.63, 3.8) is 0 Å². The normalized spacial score (nSPS) is 16.2. The fourth-order valence-corrected chi connectivity index (χ4v) is 3.78. The highest BCUT2D eigenvalue weighted by atomic mass is 19.4. The lowest BCUT2D eigenvalue weighted by atomic mass is 9.96. The number of halogens is 6. The molecule has 0 bridgehead atoms. The first kappa shape index (κ1) is 21.3. The van der Waals surface area contributed by atoms with Gasteiger partial charge in [0.05, 0.1) is 11.1 Å². The second-order valence-corrected chi connectivity index (χ2v) is 7.72. The summed E-state index contributed by atoms with van der Waals surface area (Å²) in [6, 6.07) is 14.4. The zero-order chi connectivity index (χ0) is 22.4. The van der Waals surface area contributed by atoms with Crippen molar-refractivity contribution in [1.82, 2.24) is 0 Å². The topological polar surface area (TPSA) is 9.23 Å². The highest BCUT2D eigenvalue weighted by Gasteiger charge is 2.37. The Labute approximate surface area is 175 Å². The Kier molecular flexibility index (Phi) is 5.23. The molecule has 162 valence electrons. The first-order chi connectivity index (χ1) is 14.5. The second-order valence-electron chi connectivity index (χ2n) is 7.72. The first-order valence-electron chi connectivity index (χ1n) is 9.64. The van der Waals surface area contributed by atoms with Gasteiger partial charge in [0.2, 0.25) is 0 Å². The standard InChI is InChI=1S/C24H18F6O/c1-14-5-7-15(8-6-14)9-20-12-16-3-2-4-21(22(16)31-20)17-10-18(23(25,26)27)13-19(11-17)24(28,29)30/h2-8,10-11,13,20H,9,12H2,1H3. The average molecular weight is 436 g/mol. The number of ether oxygens (including phenoxy) is 1. The molecule has 0 saturated carbocycles. The number of rotatable bonds is 3. The minimum absolute atomic E-state index is 0.133. The van der Waals surface area contributed by atoms with Gasteiger partial charge in [0.15, 0.2) is 0 Å². The van der Waals surface area contributed by atoms with Gasteiger partial charge in [-0.2, -0.15) is 26.3 Å². The molecule has 0 aromatic heterocycles. The first-order valence-corrected chi connectivity index (χ1v) is 9.64. The summed E-state index contributed by atoms with van der Waals surface area (Å²) in [6.07, 6.45) is -8.93. The molecular formula is C24H18F6O. The van der Waals surface area contributed by atoms with E-state index in [1.807, 2.05) is 31.2 Å². The molecule has 0 saturated heterocycles. The van der Waals surface area contributed by atoms with Crippen LogP contribution in [0.3, 0.4) is 0 Å². The molecule has 0 aliphatic carbocycles. The average Bonchev–Trinajstić information content (AvgIpc) is 3.10. The van der Waals surface area contributed by atoms with Crippen LogP contribution in [0.25, 0.3) is 11.1 Å². The third kappa shape index (κ3) is 4.55. The van der Waals surface area contributed by atoms with E-state index in [0.29, 0.717) is 18.6 Å². The molecule has 1 aliphatic heterocycles. The Morgan fingerprint density at radius 1 is 0.839 bits per heavy atom. The number of para-hydroxylation sites is 1. The molecule has 4 rings (SSSR count). The van der Waals surface area contributed by atoms with Gasteiger partial charge in [0, 0.05) is 18.4 Å². The molecule has 0 amide bonds. The van der Waals surface area contributed by atoms with E-state index in [-0.39, 0.29) is 23.3 Å². The van der Waals surface area contributed by atoms with Crippen molar-refractivity contribution < 1.29 is 31.1 Å². The van der Waals surface area contributed by atoms with Gasteiger partial charge in [0.25, 0.3) is 0 Å². The van der Waals surface area contributed by atoms with Crippen LogP contribution >= 0.6 is 0 Å². The molecule has 3 aromatic rings. The van der Waals surface area contributed by atoms with Gasteiger partial charge in [0.1, 0.15) is 11.9 Å². The van der Waals surface area contributed by atoms with Crippen molar-refractivity contribution >= 4 is 0 Å². The molecule has 1 nitrogen and oxygen atoms in total. The van der Waals surface area contributed by atoms with Crippen LogP contribution in [0.4, 0.5) is 26.3 Å². The number of alkyl halides is 6. The minimum atomic E-state index is -4.90. The molecule has 1 atom stereocenters. The molecule has 0 radical (unpaired) electrons. The highest BCUT2D eigenvalue weighted by Crippen LogP contribution is 2.43. The Hall–Kier alpha value is -2.96. The predicted octanol–water partition coefficient (Wildman–Crippen LogP) is 7.25. The van der Waals surface area contributed by atoms with Crippen LogP contribution in [0.5, 0.6) is 5.75 Å². The predicted molar refractivity (Wildman–Crippen MR) is 105 cm³/mol. The summed E-state index contributed by atoms with van der Waals surface area (Å²) in [4.78, 5) is 0. The zero-order valence-electron chi connectivity index (χ0n) is 16.4. The number of fused-ring (bicyclic) bond motifs is 1. The second kappa shape index (κ2) is 7.62. The summed E-state index contributed by atoms with van der Waals surface area (Å²) in [5.74, 6) is 0.340. The molecule has 3 aromatic carbocycles. The van der Waals surface area contributed by atoms with Crippen molar-refractivity contribution in [2.24, 2.45) is 0 Å². The Balaban J connectivity index is 1.71. The largest absolute Gasteiger partial charge is 0.489 e. The molecule has 31 heavy (non-hydrogen) atoms. The summed E-state index contributed by atoms with van der Waals surface area (Å²) in [7, 11) is 0. The third-order valence-electron chi connectivity index (χ3n) is 5.31. The van der Waals surface area contributed by atoms with Gasteiger partial charge >= 0.3 is 12.4 Å². The fourth-order valence-electron chi connectivity index (χ4n) is 3.78. The molecule has 0 N–H and O–H groups in total. The number of aryl methyl sites for hydroxylation is 1. The lowest BCUT2D eigenvalue weighted by Crippen LogP contribution is -2.16. The maximum absolute atomic E-state index is 13.3. The van der Waals surface area contributed by atoms with Crippen molar-refractivity contribution in [2.45, 2.75) is 38.2 Å². The van der Waals surface area contributed by atoms with Crippen molar-refractivity contribution in [3.05, 3.63) is 88.5 Å². The van der Waals surface area contributed by atoms with E-state index in [2.05, 4.69) is 0 Å². The SMILES string of the molecule is Cc1ccc(CC2Cc3cccc(-c4cc(C(F)(F)F)cc(C(F)(F)F)c4)c3O2)cc1. The van der Waals surface area contributed by atoms with Crippen LogP contribution in [0.15, 0.2) is 60.7 Å². The van der Waals surface area contributed by atoms with E-state index >= 15 is 0 Å².